The number of rotatable bonds is 3. The molecule has 0 amide bonds. The molecular weight excluding hydrogens is 258 g/mol. The number of nitrogens with zero attached hydrogens (tertiary/aromatic N) is 2. The van der Waals surface area contributed by atoms with E-state index in [1.165, 1.54) is 0 Å². The number of nitrogen functional groups attached to an aromatic ring is 1. The molecule has 2 N–H and O–H groups in total. The van der Waals surface area contributed by atoms with E-state index in [2.05, 4.69) is 5.10 Å². The maximum absolute atomic E-state index is 12.0. The molecule has 0 saturated carbocycles. The Morgan fingerprint density at radius 1 is 1.40 bits per heavy atom. The highest BCUT2D eigenvalue weighted by molar-refractivity contribution is 5.69. The SMILES string of the molecule is Cc1nn(CC(=O)OC2CC(C)OC(C)C2)c(C)c1N. The van der Waals surface area contributed by atoms with Crippen LogP contribution in [0.5, 0.6) is 0 Å². The highest BCUT2D eigenvalue weighted by atomic mass is 16.6. The van der Waals surface area contributed by atoms with Gasteiger partial charge in [0, 0.05) is 12.8 Å². The van der Waals surface area contributed by atoms with Crippen LogP contribution in [0.3, 0.4) is 0 Å². The summed E-state index contributed by atoms with van der Waals surface area (Å²) in [4.78, 5) is 12.0. The number of hydrogen-bond donors (Lipinski definition) is 1. The number of ether oxygens (including phenoxy) is 2. The van der Waals surface area contributed by atoms with Gasteiger partial charge in [0.05, 0.1) is 29.3 Å². The van der Waals surface area contributed by atoms with E-state index < -0.39 is 0 Å². The zero-order chi connectivity index (χ0) is 14.9. The van der Waals surface area contributed by atoms with Gasteiger partial charge in [-0.25, -0.2) is 0 Å². The largest absolute Gasteiger partial charge is 0.461 e. The lowest BCUT2D eigenvalue weighted by Crippen LogP contribution is -2.36. The number of carbonyl (C=O) groups is 1. The minimum atomic E-state index is -0.276. The van der Waals surface area contributed by atoms with Gasteiger partial charge >= 0.3 is 5.97 Å². The second kappa shape index (κ2) is 5.83. The summed E-state index contributed by atoms with van der Waals surface area (Å²) in [5.41, 5.74) is 8.02. The summed E-state index contributed by atoms with van der Waals surface area (Å²) in [5, 5.41) is 4.24. The second-order valence-electron chi connectivity index (χ2n) is 5.58. The third kappa shape index (κ3) is 3.30. The maximum Gasteiger partial charge on any atom is 0.328 e. The molecular formula is C14H23N3O3. The zero-order valence-electron chi connectivity index (χ0n) is 12.5. The van der Waals surface area contributed by atoms with Gasteiger partial charge in [0.2, 0.25) is 0 Å². The van der Waals surface area contributed by atoms with Gasteiger partial charge in [-0.2, -0.15) is 5.10 Å². The summed E-state index contributed by atoms with van der Waals surface area (Å²) in [6.45, 7) is 7.77. The Bertz CT molecular complexity index is 488. The van der Waals surface area contributed by atoms with E-state index in [4.69, 9.17) is 15.2 Å². The number of hydrogen-bond acceptors (Lipinski definition) is 5. The number of aromatic nitrogens is 2. The minimum absolute atomic E-state index is 0.0736. The summed E-state index contributed by atoms with van der Waals surface area (Å²) in [6, 6.07) is 0. The molecule has 2 unspecified atom stereocenters. The normalized spacial score (nSPS) is 26.5. The lowest BCUT2D eigenvalue weighted by atomic mass is 10.0. The molecule has 20 heavy (non-hydrogen) atoms. The van der Waals surface area contributed by atoms with Crippen LogP contribution < -0.4 is 5.73 Å². The number of carbonyl (C=O) groups excluding carboxylic acids is 1. The predicted molar refractivity (Wildman–Crippen MR) is 75.2 cm³/mol. The van der Waals surface area contributed by atoms with Crippen LogP contribution in [-0.2, 0) is 20.8 Å². The van der Waals surface area contributed by atoms with Gasteiger partial charge in [-0.05, 0) is 27.7 Å². The van der Waals surface area contributed by atoms with E-state index in [0.29, 0.717) is 5.69 Å². The van der Waals surface area contributed by atoms with Crippen LogP contribution in [-0.4, -0.2) is 34.1 Å². The van der Waals surface area contributed by atoms with Crippen molar-refractivity contribution < 1.29 is 14.3 Å². The summed E-state index contributed by atoms with van der Waals surface area (Å²) in [5.74, 6) is -0.276. The Morgan fingerprint density at radius 3 is 2.50 bits per heavy atom. The summed E-state index contributed by atoms with van der Waals surface area (Å²) in [7, 11) is 0. The van der Waals surface area contributed by atoms with E-state index in [0.717, 1.165) is 24.2 Å². The molecule has 1 aliphatic rings. The maximum atomic E-state index is 12.0. The van der Waals surface area contributed by atoms with Crippen molar-refractivity contribution in [3.05, 3.63) is 11.4 Å². The van der Waals surface area contributed by atoms with Gasteiger partial charge in [0.15, 0.2) is 0 Å². The molecule has 6 heteroatoms. The van der Waals surface area contributed by atoms with Crippen molar-refractivity contribution in [1.82, 2.24) is 9.78 Å². The van der Waals surface area contributed by atoms with Crippen LogP contribution in [0.4, 0.5) is 5.69 Å². The van der Waals surface area contributed by atoms with Crippen LogP contribution in [0.15, 0.2) is 0 Å². The third-order valence-electron chi connectivity index (χ3n) is 3.67. The highest BCUT2D eigenvalue weighted by Crippen LogP contribution is 2.22. The Hall–Kier alpha value is -1.56. The van der Waals surface area contributed by atoms with Crippen molar-refractivity contribution in [2.45, 2.75) is 65.4 Å². The molecule has 112 valence electrons. The first-order valence-corrected chi connectivity index (χ1v) is 7.01. The summed E-state index contributed by atoms with van der Waals surface area (Å²) < 4.78 is 12.7. The van der Waals surface area contributed by atoms with E-state index >= 15 is 0 Å². The fraction of sp³-hybridized carbons (Fsp3) is 0.714. The topological polar surface area (TPSA) is 79.4 Å². The standard InChI is InChI=1S/C14H23N3O3/c1-8-5-12(6-9(2)19-8)20-13(18)7-17-11(4)14(15)10(3)16-17/h8-9,12H,5-7,15H2,1-4H3. The first-order chi connectivity index (χ1) is 9.36. The van der Waals surface area contributed by atoms with Crippen LogP contribution in [0.1, 0.15) is 38.1 Å². The molecule has 1 aliphatic heterocycles. The lowest BCUT2D eigenvalue weighted by molar-refractivity contribution is -0.160. The monoisotopic (exact) mass is 281 g/mol. The fourth-order valence-corrected chi connectivity index (χ4v) is 2.65. The van der Waals surface area contributed by atoms with E-state index in [9.17, 15) is 4.79 Å². The Morgan fingerprint density at radius 2 is 2.00 bits per heavy atom. The Balaban J connectivity index is 1.93. The average molecular weight is 281 g/mol. The Kier molecular flexibility index (Phi) is 4.32. The highest BCUT2D eigenvalue weighted by Gasteiger charge is 2.27. The van der Waals surface area contributed by atoms with Gasteiger partial charge < -0.3 is 15.2 Å². The van der Waals surface area contributed by atoms with Crippen molar-refractivity contribution in [2.24, 2.45) is 0 Å². The van der Waals surface area contributed by atoms with Crippen LogP contribution in [0.2, 0.25) is 0 Å². The molecule has 0 bridgehead atoms. The Labute approximate surface area is 119 Å². The van der Waals surface area contributed by atoms with Crippen LogP contribution in [0, 0.1) is 13.8 Å². The molecule has 0 aromatic carbocycles. The molecule has 1 fully saturated rings. The van der Waals surface area contributed by atoms with Gasteiger partial charge in [-0.3, -0.25) is 9.48 Å². The van der Waals surface area contributed by atoms with Crippen LogP contribution in [0.25, 0.3) is 0 Å². The number of esters is 1. The van der Waals surface area contributed by atoms with Crippen molar-refractivity contribution in [2.75, 3.05) is 5.73 Å². The van der Waals surface area contributed by atoms with Crippen molar-refractivity contribution in [3.63, 3.8) is 0 Å². The van der Waals surface area contributed by atoms with Crippen molar-refractivity contribution in [3.8, 4) is 0 Å². The molecule has 6 nitrogen and oxygen atoms in total. The van der Waals surface area contributed by atoms with Gasteiger partial charge in [-0.15, -0.1) is 0 Å². The smallest absolute Gasteiger partial charge is 0.328 e. The summed E-state index contributed by atoms with van der Waals surface area (Å²) >= 11 is 0. The summed E-state index contributed by atoms with van der Waals surface area (Å²) in [6.07, 6.45) is 1.67. The van der Waals surface area contributed by atoms with Crippen molar-refractivity contribution in [1.29, 1.82) is 0 Å². The molecule has 0 radical (unpaired) electrons. The second-order valence-corrected chi connectivity index (χ2v) is 5.58. The zero-order valence-corrected chi connectivity index (χ0v) is 12.5. The lowest BCUT2D eigenvalue weighted by Gasteiger charge is -2.31. The molecule has 1 saturated heterocycles. The van der Waals surface area contributed by atoms with E-state index in [1.54, 1.807) is 4.68 Å². The van der Waals surface area contributed by atoms with Crippen LogP contribution >= 0.6 is 0 Å². The first-order valence-electron chi connectivity index (χ1n) is 7.01. The molecule has 1 aromatic rings. The number of aryl methyl sites for hydroxylation is 1. The third-order valence-corrected chi connectivity index (χ3v) is 3.67. The molecule has 0 spiro atoms. The number of anilines is 1. The molecule has 2 heterocycles. The molecule has 1 aromatic heterocycles. The van der Waals surface area contributed by atoms with Gasteiger partial charge in [-0.1, -0.05) is 0 Å². The average Bonchev–Trinajstić information content (AvgIpc) is 2.55. The first kappa shape index (κ1) is 14.8. The minimum Gasteiger partial charge on any atom is -0.461 e. The fourth-order valence-electron chi connectivity index (χ4n) is 2.65. The quantitative estimate of drug-likeness (QED) is 0.851. The van der Waals surface area contributed by atoms with Gasteiger partial charge in [0.1, 0.15) is 12.6 Å². The molecule has 2 atom stereocenters. The predicted octanol–water partition coefficient (Wildman–Crippen LogP) is 1.58. The number of nitrogens with two attached hydrogens (primary N) is 1. The van der Waals surface area contributed by atoms with E-state index in [1.807, 2.05) is 27.7 Å². The molecule has 2 rings (SSSR count). The van der Waals surface area contributed by atoms with Gasteiger partial charge in [0.25, 0.3) is 0 Å². The van der Waals surface area contributed by atoms with E-state index in [-0.39, 0.29) is 30.8 Å². The molecule has 0 aliphatic carbocycles. The van der Waals surface area contributed by atoms with Crippen molar-refractivity contribution >= 4 is 11.7 Å².